The Kier molecular flexibility index (Phi) is 7.10. The van der Waals surface area contributed by atoms with Crippen molar-refractivity contribution in [3.63, 3.8) is 0 Å². The van der Waals surface area contributed by atoms with Gasteiger partial charge in [-0.2, -0.15) is 0 Å². The molecule has 0 aliphatic heterocycles. The molecule has 2 heterocycles. The number of aromatic nitrogens is 2. The molecular weight excluding hydrogens is 196 g/mol. The summed E-state index contributed by atoms with van der Waals surface area (Å²) in [6.07, 6.45) is 0. The molecule has 0 fully saturated rings. The Morgan fingerprint density at radius 1 is 0.688 bits per heavy atom. The van der Waals surface area contributed by atoms with Crippen molar-refractivity contribution < 1.29 is 0 Å². The number of fused-ring (bicyclic) bond motifs is 1. The van der Waals surface area contributed by atoms with Gasteiger partial charge in [-0.1, -0.05) is 27.7 Å². The van der Waals surface area contributed by atoms with E-state index in [0.29, 0.717) is 0 Å². The van der Waals surface area contributed by atoms with Crippen molar-refractivity contribution >= 4 is 11.0 Å². The van der Waals surface area contributed by atoms with Gasteiger partial charge < -0.3 is 0 Å². The lowest BCUT2D eigenvalue weighted by Gasteiger charge is -1.98. The minimum atomic E-state index is 0.843. The Bertz CT molecular complexity index is 385. The molecule has 2 rings (SSSR count). The van der Waals surface area contributed by atoms with Crippen LogP contribution in [0.1, 0.15) is 39.1 Å². The van der Waals surface area contributed by atoms with E-state index in [9.17, 15) is 0 Å². The molecule has 0 unspecified atom stereocenters. The van der Waals surface area contributed by atoms with Crippen molar-refractivity contribution in [1.29, 1.82) is 0 Å². The summed E-state index contributed by atoms with van der Waals surface area (Å²) in [4.78, 5) is 8.65. The molecule has 2 aromatic heterocycles. The van der Waals surface area contributed by atoms with Crippen molar-refractivity contribution in [3.8, 4) is 0 Å². The van der Waals surface area contributed by atoms with E-state index >= 15 is 0 Å². The molecule has 16 heavy (non-hydrogen) atoms. The lowest BCUT2D eigenvalue weighted by Crippen LogP contribution is -1.88. The molecule has 0 aromatic carbocycles. The van der Waals surface area contributed by atoms with Crippen LogP contribution in [0.4, 0.5) is 0 Å². The minimum Gasteiger partial charge on any atom is -0.233 e. The van der Waals surface area contributed by atoms with Gasteiger partial charge in [-0.05, 0) is 38.1 Å². The fraction of sp³-hybridized carbons (Fsp3) is 0.429. The molecular formula is C14H22N2. The monoisotopic (exact) mass is 218 g/mol. The van der Waals surface area contributed by atoms with Crippen molar-refractivity contribution in [3.05, 3.63) is 35.7 Å². The van der Waals surface area contributed by atoms with E-state index in [-0.39, 0.29) is 0 Å². The standard InChI is InChI=1S/C10H10N2.2C2H6/c1-7-3-5-9-6-4-8(2)12-10(9)11-7;2*1-2/h3-6H,1-2H3;2*1-2H3. The zero-order chi connectivity index (χ0) is 12.6. The summed E-state index contributed by atoms with van der Waals surface area (Å²) >= 11 is 0. The van der Waals surface area contributed by atoms with Gasteiger partial charge in [0.15, 0.2) is 5.65 Å². The maximum atomic E-state index is 4.33. The first-order valence-corrected chi connectivity index (χ1v) is 5.97. The molecule has 0 radical (unpaired) electrons. The van der Waals surface area contributed by atoms with Crippen LogP contribution in [0.25, 0.3) is 11.0 Å². The number of aryl methyl sites for hydroxylation is 2. The maximum absolute atomic E-state index is 4.33. The highest BCUT2D eigenvalue weighted by Crippen LogP contribution is 2.09. The molecule has 0 saturated carbocycles. The van der Waals surface area contributed by atoms with Gasteiger partial charge in [-0.3, -0.25) is 0 Å². The topological polar surface area (TPSA) is 25.8 Å². The van der Waals surface area contributed by atoms with Crippen LogP contribution < -0.4 is 0 Å². The number of hydrogen-bond donors (Lipinski definition) is 0. The number of hydrogen-bond acceptors (Lipinski definition) is 2. The van der Waals surface area contributed by atoms with E-state index in [1.807, 2.05) is 65.8 Å². The summed E-state index contributed by atoms with van der Waals surface area (Å²) in [5.74, 6) is 0. The van der Waals surface area contributed by atoms with E-state index < -0.39 is 0 Å². The van der Waals surface area contributed by atoms with E-state index in [1.165, 1.54) is 0 Å². The molecule has 0 spiro atoms. The quantitative estimate of drug-likeness (QED) is 0.659. The van der Waals surface area contributed by atoms with Crippen molar-refractivity contribution in [2.24, 2.45) is 0 Å². The Hall–Kier alpha value is -1.44. The molecule has 2 heteroatoms. The van der Waals surface area contributed by atoms with Crippen LogP contribution in [0.2, 0.25) is 0 Å². The van der Waals surface area contributed by atoms with Crippen LogP contribution in [0.3, 0.4) is 0 Å². The Morgan fingerprint density at radius 2 is 1.06 bits per heavy atom. The third-order valence-corrected chi connectivity index (χ3v) is 1.83. The largest absolute Gasteiger partial charge is 0.233 e. The predicted octanol–water partition coefficient (Wildman–Crippen LogP) is 4.30. The van der Waals surface area contributed by atoms with E-state index in [0.717, 1.165) is 22.4 Å². The van der Waals surface area contributed by atoms with E-state index in [1.54, 1.807) is 0 Å². The fourth-order valence-electron chi connectivity index (χ4n) is 1.19. The van der Waals surface area contributed by atoms with Crippen LogP contribution in [-0.4, -0.2) is 9.97 Å². The highest BCUT2D eigenvalue weighted by molar-refractivity contribution is 5.74. The minimum absolute atomic E-state index is 0.843. The van der Waals surface area contributed by atoms with Crippen LogP contribution in [-0.2, 0) is 0 Å². The predicted molar refractivity (Wildman–Crippen MR) is 71.7 cm³/mol. The number of nitrogens with zero attached hydrogens (tertiary/aromatic N) is 2. The summed E-state index contributed by atoms with van der Waals surface area (Å²) in [5.41, 5.74) is 2.87. The van der Waals surface area contributed by atoms with Gasteiger partial charge in [0.2, 0.25) is 0 Å². The first-order valence-electron chi connectivity index (χ1n) is 5.97. The van der Waals surface area contributed by atoms with Gasteiger partial charge in [-0.25, -0.2) is 9.97 Å². The van der Waals surface area contributed by atoms with Gasteiger partial charge in [0.25, 0.3) is 0 Å². The average molecular weight is 218 g/mol. The summed E-state index contributed by atoms with van der Waals surface area (Å²) in [6.45, 7) is 12.0. The third kappa shape index (κ3) is 3.97. The highest BCUT2D eigenvalue weighted by atomic mass is 14.8. The molecule has 0 N–H and O–H groups in total. The Balaban J connectivity index is 0.000000509. The zero-order valence-corrected chi connectivity index (χ0v) is 11.2. The molecule has 0 aliphatic carbocycles. The average Bonchev–Trinajstić information content (AvgIpc) is 2.33. The zero-order valence-electron chi connectivity index (χ0n) is 11.2. The van der Waals surface area contributed by atoms with Crippen molar-refractivity contribution in [1.82, 2.24) is 9.97 Å². The highest BCUT2D eigenvalue weighted by Gasteiger charge is 1.95. The first kappa shape index (κ1) is 14.6. The van der Waals surface area contributed by atoms with Crippen LogP contribution in [0, 0.1) is 13.8 Å². The Morgan fingerprint density at radius 3 is 1.44 bits per heavy atom. The smallest absolute Gasteiger partial charge is 0.159 e. The summed E-state index contributed by atoms with van der Waals surface area (Å²) in [7, 11) is 0. The van der Waals surface area contributed by atoms with Crippen LogP contribution in [0.5, 0.6) is 0 Å². The summed E-state index contributed by atoms with van der Waals surface area (Å²) < 4.78 is 0. The third-order valence-electron chi connectivity index (χ3n) is 1.83. The molecule has 88 valence electrons. The van der Waals surface area contributed by atoms with Gasteiger partial charge in [0.1, 0.15) is 0 Å². The van der Waals surface area contributed by atoms with Crippen molar-refractivity contribution in [2.75, 3.05) is 0 Å². The second-order valence-corrected chi connectivity index (χ2v) is 2.95. The van der Waals surface area contributed by atoms with E-state index in [2.05, 4.69) is 9.97 Å². The first-order chi connectivity index (χ1) is 7.75. The maximum Gasteiger partial charge on any atom is 0.159 e. The van der Waals surface area contributed by atoms with Gasteiger partial charge in [0, 0.05) is 16.8 Å². The van der Waals surface area contributed by atoms with Gasteiger partial charge in [0.05, 0.1) is 0 Å². The van der Waals surface area contributed by atoms with Crippen molar-refractivity contribution in [2.45, 2.75) is 41.5 Å². The number of rotatable bonds is 0. The molecule has 0 amide bonds. The Labute approximate surface area is 98.8 Å². The SMILES string of the molecule is CC.CC.Cc1ccc2ccc(C)nc2n1. The van der Waals surface area contributed by atoms with Gasteiger partial charge in [-0.15, -0.1) is 0 Å². The van der Waals surface area contributed by atoms with E-state index in [4.69, 9.17) is 0 Å². The molecule has 0 aliphatic rings. The van der Waals surface area contributed by atoms with Crippen LogP contribution >= 0.6 is 0 Å². The lowest BCUT2D eigenvalue weighted by atomic mass is 10.2. The second kappa shape index (κ2) is 7.80. The normalized spacial score (nSPS) is 8.62. The molecule has 0 saturated heterocycles. The van der Waals surface area contributed by atoms with Crippen LogP contribution in [0.15, 0.2) is 24.3 Å². The molecule has 2 aromatic rings. The second-order valence-electron chi connectivity index (χ2n) is 2.95. The molecule has 0 bridgehead atoms. The van der Waals surface area contributed by atoms with Gasteiger partial charge >= 0.3 is 0 Å². The fourth-order valence-corrected chi connectivity index (χ4v) is 1.19. The molecule has 0 atom stereocenters. The summed E-state index contributed by atoms with van der Waals surface area (Å²) in [5, 5.41) is 1.10. The summed E-state index contributed by atoms with van der Waals surface area (Å²) in [6, 6.07) is 8.09. The molecule has 2 nitrogen and oxygen atoms in total. The lowest BCUT2D eigenvalue weighted by molar-refractivity contribution is 1.16. The number of pyridine rings is 2.